The van der Waals surface area contributed by atoms with E-state index in [0.717, 1.165) is 16.0 Å². The number of thiophene rings is 1. The molecule has 0 spiro atoms. The molecule has 28 heavy (non-hydrogen) atoms. The minimum Gasteiger partial charge on any atom is -0.368 e. The van der Waals surface area contributed by atoms with Crippen molar-refractivity contribution in [1.82, 2.24) is 9.55 Å². The molecule has 3 rings (SSSR count). The van der Waals surface area contributed by atoms with E-state index in [1.165, 1.54) is 21.5 Å². The van der Waals surface area contributed by atoms with Gasteiger partial charge < -0.3 is 5.73 Å². The molecule has 0 fully saturated rings. The second-order valence-electron chi connectivity index (χ2n) is 8.20. The lowest BCUT2D eigenvalue weighted by atomic mass is 9.86. The van der Waals surface area contributed by atoms with Gasteiger partial charge in [-0.3, -0.25) is 14.2 Å². The monoisotopic (exact) mass is 397 g/mol. The van der Waals surface area contributed by atoms with Crippen LogP contribution in [0.1, 0.15) is 56.4 Å². The Morgan fingerprint density at radius 1 is 1.21 bits per heavy atom. The predicted molar refractivity (Wildman–Crippen MR) is 116 cm³/mol. The van der Waals surface area contributed by atoms with Gasteiger partial charge in [0.05, 0.1) is 5.39 Å². The van der Waals surface area contributed by atoms with E-state index < -0.39 is 11.9 Å². The van der Waals surface area contributed by atoms with Crippen LogP contribution in [0.3, 0.4) is 0 Å². The highest BCUT2D eigenvalue weighted by Crippen LogP contribution is 2.37. The van der Waals surface area contributed by atoms with Gasteiger partial charge in [0, 0.05) is 10.4 Å². The number of carbonyl (C=O) groups is 1. The first kappa shape index (κ1) is 20.3. The van der Waals surface area contributed by atoms with Crippen LogP contribution in [0.5, 0.6) is 0 Å². The fourth-order valence-electron chi connectivity index (χ4n) is 3.64. The van der Waals surface area contributed by atoms with Crippen LogP contribution < -0.4 is 11.3 Å². The van der Waals surface area contributed by atoms with E-state index in [1.807, 2.05) is 13.8 Å². The summed E-state index contributed by atoms with van der Waals surface area (Å²) in [6, 6.07) is 7.64. The number of benzene rings is 1. The van der Waals surface area contributed by atoms with Crippen molar-refractivity contribution >= 4 is 27.5 Å². The summed E-state index contributed by atoms with van der Waals surface area (Å²) >= 11 is 1.51. The van der Waals surface area contributed by atoms with Crippen LogP contribution in [0.25, 0.3) is 21.3 Å². The maximum Gasteiger partial charge on any atom is 0.263 e. The molecule has 2 N–H and O–H groups in total. The summed E-state index contributed by atoms with van der Waals surface area (Å²) in [6.45, 7) is 12.1. The summed E-state index contributed by atoms with van der Waals surface area (Å²) in [6.07, 6.45) is 0.446. The highest BCUT2D eigenvalue weighted by molar-refractivity contribution is 7.19. The van der Waals surface area contributed by atoms with E-state index in [0.29, 0.717) is 22.5 Å². The molecule has 148 valence electrons. The Labute approximate surface area is 169 Å². The summed E-state index contributed by atoms with van der Waals surface area (Å²) in [7, 11) is 0. The number of aromatic nitrogens is 2. The van der Waals surface area contributed by atoms with Gasteiger partial charge in [-0.1, -0.05) is 52.0 Å². The minimum atomic E-state index is -0.694. The Hall–Kier alpha value is -2.47. The molecule has 0 saturated carbocycles. The first-order valence-corrected chi connectivity index (χ1v) is 10.3. The second-order valence-corrected chi connectivity index (χ2v) is 9.40. The van der Waals surface area contributed by atoms with Crippen LogP contribution in [0, 0.1) is 13.8 Å². The molecule has 0 radical (unpaired) electrons. The van der Waals surface area contributed by atoms with Crippen molar-refractivity contribution in [2.24, 2.45) is 5.73 Å². The van der Waals surface area contributed by atoms with Crippen molar-refractivity contribution in [3.05, 3.63) is 50.9 Å². The van der Waals surface area contributed by atoms with Crippen molar-refractivity contribution in [3.8, 4) is 11.1 Å². The molecule has 2 aromatic heterocycles. The molecule has 0 aliphatic carbocycles. The van der Waals surface area contributed by atoms with E-state index in [4.69, 9.17) is 5.73 Å². The van der Waals surface area contributed by atoms with Crippen molar-refractivity contribution in [1.29, 1.82) is 0 Å². The molecular weight excluding hydrogens is 370 g/mol. The number of hydrogen-bond donors (Lipinski definition) is 1. The molecule has 0 bridgehead atoms. The third kappa shape index (κ3) is 3.37. The first-order valence-electron chi connectivity index (χ1n) is 9.48. The average molecular weight is 398 g/mol. The van der Waals surface area contributed by atoms with Gasteiger partial charge in [-0.05, 0) is 36.8 Å². The Bertz CT molecular complexity index is 1100. The number of aryl methyl sites for hydroxylation is 2. The zero-order valence-corrected chi connectivity index (χ0v) is 18.1. The molecule has 1 unspecified atom stereocenters. The number of nitrogens with zero attached hydrogens (tertiary/aromatic N) is 2. The summed E-state index contributed by atoms with van der Waals surface area (Å²) < 4.78 is 1.45. The Morgan fingerprint density at radius 2 is 1.82 bits per heavy atom. The van der Waals surface area contributed by atoms with E-state index in [-0.39, 0.29) is 11.0 Å². The van der Waals surface area contributed by atoms with Crippen molar-refractivity contribution < 1.29 is 4.79 Å². The highest BCUT2D eigenvalue weighted by Gasteiger charge is 2.24. The summed E-state index contributed by atoms with van der Waals surface area (Å²) in [5.41, 5.74) is 8.52. The molecule has 3 aromatic rings. The number of carbonyl (C=O) groups excluding carboxylic acids is 1. The summed E-state index contributed by atoms with van der Waals surface area (Å²) in [5, 5.41) is 0.566. The van der Waals surface area contributed by atoms with Crippen LogP contribution in [-0.2, 0) is 10.2 Å². The van der Waals surface area contributed by atoms with Gasteiger partial charge in [0.25, 0.3) is 5.56 Å². The van der Waals surface area contributed by atoms with E-state index in [9.17, 15) is 9.59 Å². The SMILES string of the molecule is CCC(C(N)=O)n1c(C)nc2sc(C)c(-c3ccc(C(C)(C)C)cc3)c2c1=O. The molecule has 5 nitrogen and oxygen atoms in total. The predicted octanol–water partition coefficient (Wildman–Crippen LogP) is 4.48. The van der Waals surface area contributed by atoms with Crippen LogP contribution in [0.15, 0.2) is 29.1 Å². The zero-order chi connectivity index (χ0) is 20.8. The van der Waals surface area contributed by atoms with Crippen molar-refractivity contribution in [2.75, 3.05) is 0 Å². The first-order chi connectivity index (χ1) is 13.1. The van der Waals surface area contributed by atoms with E-state index >= 15 is 0 Å². The molecule has 0 aliphatic rings. The van der Waals surface area contributed by atoms with Crippen LogP contribution in [0.2, 0.25) is 0 Å². The topological polar surface area (TPSA) is 78.0 Å². The zero-order valence-electron chi connectivity index (χ0n) is 17.3. The van der Waals surface area contributed by atoms with E-state index in [2.05, 4.69) is 50.0 Å². The van der Waals surface area contributed by atoms with Gasteiger partial charge in [-0.25, -0.2) is 4.98 Å². The van der Waals surface area contributed by atoms with Crippen molar-refractivity contribution in [2.45, 2.75) is 59.4 Å². The van der Waals surface area contributed by atoms with Gasteiger partial charge in [-0.15, -0.1) is 11.3 Å². The third-order valence-corrected chi connectivity index (χ3v) is 6.18. The van der Waals surface area contributed by atoms with Gasteiger partial charge in [0.1, 0.15) is 16.7 Å². The molecule has 2 heterocycles. The number of fused-ring (bicyclic) bond motifs is 1. The van der Waals surface area contributed by atoms with Crippen molar-refractivity contribution in [3.63, 3.8) is 0 Å². The quantitative estimate of drug-likeness (QED) is 0.705. The molecule has 0 aliphatic heterocycles. The largest absolute Gasteiger partial charge is 0.368 e. The maximum atomic E-state index is 13.4. The van der Waals surface area contributed by atoms with Gasteiger partial charge in [0.2, 0.25) is 5.91 Å². The Morgan fingerprint density at radius 3 is 2.32 bits per heavy atom. The van der Waals surface area contributed by atoms with Crippen LogP contribution in [-0.4, -0.2) is 15.5 Å². The standard InChI is InChI=1S/C22H27N3O2S/c1-7-16(19(23)26)25-13(3)24-20-18(21(25)27)17(12(2)28-20)14-8-10-15(11-9-14)22(4,5)6/h8-11,16H,7H2,1-6H3,(H2,23,26). The third-order valence-electron chi connectivity index (χ3n) is 5.18. The summed E-state index contributed by atoms with van der Waals surface area (Å²) in [4.78, 5) is 31.7. The lowest BCUT2D eigenvalue weighted by Gasteiger charge is -2.19. The number of nitrogens with two attached hydrogens (primary N) is 1. The smallest absolute Gasteiger partial charge is 0.263 e. The second kappa shape index (κ2) is 7.17. The fraction of sp³-hybridized carbons (Fsp3) is 0.409. The molecule has 1 aromatic carbocycles. The normalized spacial score (nSPS) is 13.1. The molecule has 1 atom stereocenters. The number of hydrogen-bond acceptors (Lipinski definition) is 4. The molecule has 6 heteroatoms. The average Bonchev–Trinajstić information content (AvgIpc) is 2.93. The highest BCUT2D eigenvalue weighted by atomic mass is 32.1. The molecular formula is C22H27N3O2S. The number of amides is 1. The Balaban J connectivity index is 2.29. The van der Waals surface area contributed by atoms with E-state index in [1.54, 1.807) is 6.92 Å². The van der Waals surface area contributed by atoms with Gasteiger partial charge in [-0.2, -0.15) is 0 Å². The summed E-state index contributed by atoms with van der Waals surface area (Å²) in [5.74, 6) is -0.00379. The lowest BCUT2D eigenvalue weighted by molar-refractivity contribution is -0.121. The number of primary amides is 1. The lowest BCUT2D eigenvalue weighted by Crippen LogP contribution is -2.35. The fourth-order valence-corrected chi connectivity index (χ4v) is 4.72. The van der Waals surface area contributed by atoms with Gasteiger partial charge >= 0.3 is 0 Å². The maximum absolute atomic E-state index is 13.4. The molecule has 1 amide bonds. The molecule has 0 saturated heterocycles. The van der Waals surface area contributed by atoms with Crippen LogP contribution >= 0.6 is 11.3 Å². The van der Waals surface area contributed by atoms with Gasteiger partial charge in [0.15, 0.2) is 0 Å². The van der Waals surface area contributed by atoms with Crippen LogP contribution in [0.4, 0.5) is 0 Å². The minimum absolute atomic E-state index is 0.0610. The Kier molecular flexibility index (Phi) is 5.19. The number of rotatable bonds is 4.